The molecule has 0 spiro atoms. The van der Waals surface area contributed by atoms with Crippen LogP contribution in [0.3, 0.4) is 0 Å². The van der Waals surface area contributed by atoms with Crippen molar-refractivity contribution in [1.29, 1.82) is 0 Å². The van der Waals surface area contributed by atoms with E-state index in [1.54, 1.807) is 27.5 Å². The molecule has 0 amide bonds. The number of hydrogen-bond acceptors (Lipinski definition) is 3. The molecule has 2 heterocycles. The average molecular weight is 236 g/mol. The third-order valence-corrected chi connectivity index (χ3v) is 2.53. The predicted molar refractivity (Wildman–Crippen MR) is 65.6 cm³/mol. The number of nitrogens with two attached hydrogens (primary N) is 1. The Morgan fingerprint density at radius 1 is 1.56 bits per heavy atom. The van der Waals surface area contributed by atoms with Gasteiger partial charge in [-0.05, 0) is 13.0 Å². The van der Waals surface area contributed by atoms with Crippen LogP contribution in [0, 0.1) is 6.92 Å². The topological polar surface area (TPSA) is 65.3 Å². The normalized spacial score (nSPS) is 10.8. The summed E-state index contributed by atoms with van der Waals surface area (Å²) < 4.78 is 3.17. The largest absolute Gasteiger partial charge is 0.393 e. The molecule has 5 nitrogen and oxygen atoms in total. The lowest BCUT2D eigenvalue weighted by Gasteiger charge is -2.04. The zero-order valence-electron chi connectivity index (χ0n) is 8.88. The second kappa shape index (κ2) is 4.05. The van der Waals surface area contributed by atoms with Crippen LogP contribution >= 0.6 is 12.2 Å². The maximum atomic E-state index is 12.0. The van der Waals surface area contributed by atoms with Gasteiger partial charge in [-0.1, -0.05) is 12.2 Å². The van der Waals surface area contributed by atoms with Crippen LogP contribution in [0.25, 0.3) is 5.52 Å². The van der Waals surface area contributed by atoms with Gasteiger partial charge in [0.25, 0.3) is 5.56 Å². The van der Waals surface area contributed by atoms with E-state index in [-0.39, 0.29) is 5.56 Å². The van der Waals surface area contributed by atoms with Crippen LogP contribution in [-0.2, 0) is 6.54 Å². The first-order valence-corrected chi connectivity index (χ1v) is 5.32. The summed E-state index contributed by atoms with van der Waals surface area (Å²) in [6.07, 6.45) is 3.97. The maximum absolute atomic E-state index is 12.0. The summed E-state index contributed by atoms with van der Waals surface area (Å²) in [7, 11) is 0. The summed E-state index contributed by atoms with van der Waals surface area (Å²) in [5, 5.41) is 4.16. The molecule has 0 radical (unpaired) electrons. The van der Waals surface area contributed by atoms with Crippen molar-refractivity contribution < 1.29 is 0 Å². The summed E-state index contributed by atoms with van der Waals surface area (Å²) in [6.45, 7) is 2.36. The van der Waals surface area contributed by atoms with Crippen molar-refractivity contribution in [3.8, 4) is 0 Å². The molecule has 84 valence electrons. The molecule has 0 unspecified atom stereocenters. The van der Waals surface area contributed by atoms with E-state index in [0.29, 0.717) is 23.5 Å². The molecule has 0 bridgehead atoms. The highest BCUT2D eigenvalue weighted by Gasteiger charge is 2.05. The van der Waals surface area contributed by atoms with Gasteiger partial charge in [0.05, 0.1) is 10.7 Å². The molecule has 2 aromatic rings. The second-order valence-electron chi connectivity index (χ2n) is 3.63. The number of aryl methyl sites for hydroxylation is 2. The highest BCUT2D eigenvalue weighted by molar-refractivity contribution is 7.80. The zero-order chi connectivity index (χ0) is 11.7. The maximum Gasteiger partial charge on any atom is 0.276 e. The Morgan fingerprint density at radius 3 is 3.00 bits per heavy atom. The van der Waals surface area contributed by atoms with Gasteiger partial charge >= 0.3 is 0 Å². The van der Waals surface area contributed by atoms with Crippen molar-refractivity contribution in [1.82, 2.24) is 14.2 Å². The summed E-state index contributed by atoms with van der Waals surface area (Å²) in [5.41, 5.74) is 6.73. The van der Waals surface area contributed by atoms with E-state index in [4.69, 9.17) is 18.0 Å². The van der Waals surface area contributed by atoms with Gasteiger partial charge in [-0.3, -0.25) is 4.79 Å². The van der Waals surface area contributed by atoms with E-state index >= 15 is 0 Å². The van der Waals surface area contributed by atoms with E-state index in [1.165, 1.54) is 0 Å². The van der Waals surface area contributed by atoms with Crippen LogP contribution in [0.1, 0.15) is 12.1 Å². The van der Waals surface area contributed by atoms with Crippen molar-refractivity contribution >= 4 is 22.7 Å². The molecule has 6 heteroatoms. The Bertz CT molecular complexity index is 598. The first-order valence-electron chi connectivity index (χ1n) is 4.91. The molecular formula is C10H12N4OS. The lowest BCUT2D eigenvalue weighted by Crippen LogP contribution is -2.23. The van der Waals surface area contributed by atoms with Crippen LogP contribution in [0.2, 0.25) is 0 Å². The van der Waals surface area contributed by atoms with E-state index in [9.17, 15) is 4.79 Å². The highest BCUT2D eigenvalue weighted by atomic mass is 32.1. The highest BCUT2D eigenvalue weighted by Crippen LogP contribution is 2.00. The third kappa shape index (κ3) is 1.96. The zero-order valence-corrected chi connectivity index (χ0v) is 9.70. The van der Waals surface area contributed by atoms with Gasteiger partial charge in [0.2, 0.25) is 0 Å². The van der Waals surface area contributed by atoms with Gasteiger partial charge in [0.15, 0.2) is 0 Å². The van der Waals surface area contributed by atoms with Crippen molar-refractivity contribution in [2.24, 2.45) is 5.73 Å². The monoisotopic (exact) mass is 236 g/mol. The van der Waals surface area contributed by atoms with Gasteiger partial charge in [-0.25, -0.2) is 4.52 Å². The Morgan fingerprint density at radius 2 is 2.31 bits per heavy atom. The van der Waals surface area contributed by atoms with Crippen LogP contribution in [-0.4, -0.2) is 19.2 Å². The van der Waals surface area contributed by atoms with Crippen LogP contribution in [0.5, 0.6) is 0 Å². The lowest BCUT2D eigenvalue weighted by molar-refractivity contribution is 0.686. The summed E-state index contributed by atoms with van der Waals surface area (Å²) >= 11 is 4.78. The minimum absolute atomic E-state index is 0.0700. The van der Waals surface area contributed by atoms with Gasteiger partial charge in [-0.2, -0.15) is 5.10 Å². The fourth-order valence-electron chi connectivity index (χ4n) is 1.56. The Balaban J connectivity index is 2.44. The molecule has 0 saturated heterocycles. The standard InChI is InChI=1S/C10H12N4OS/c1-7-6-8-10(15)13(3-2-9(11)16)4-5-14(8)12-7/h4-6H,2-3H2,1H3,(H2,11,16). The number of fused-ring (bicyclic) bond motifs is 1. The number of nitrogens with zero attached hydrogens (tertiary/aromatic N) is 3. The fraction of sp³-hybridized carbons (Fsp3) is 0.300. The molecule has 0 saturated carbocycles. The van der Waals surface area contributed by atoms with Crippen molar-refractivity contribution in [2.75, 3.05) is 0 Å². The minimum atomic E-state index is -0.0700. The number of rotatable bonds is 3. The molecule has 16 heavy (non-hydrogen) atoms. The van der Waals surface area contributed by atoms with E-state index in [2.05, 4.69) is 5.10 Å². The second-order valence-corrected chi connectivity index (χ2v) is 4.15. The van der Waals surface area contributed by atoms with Gasteiger partial charge in [-0.15, -0.1) is 0 Å². The summed E-state index contributed by atoms with van der Waals surface area (Å²) in [6, 6.07) is 1.76. The first-order chi connectivity index (χ1) is 7.58. The van der Waals surface area contributed by atoms with Gasteiger partial charge in [0, 0.05) is 25.4 Å². The van der Waals surface area contributed by atoms with Crippen molar-refractivity contribution in [2.45, 2.75) is 19.9 Å². The summed E-state index contributed by atoms with van der Waals surface area (Å²) in [5.74, 6) is 0. The Hall–Kier alpha value is -1.69. The van der Waals surface area contributed by atoms with E-state index in [0.717, 1.165) is 5.69 Å². The third-order valence-electron chi connectivity index (χ3n) is 2.32. The molecule has 0 fully saturated rings. The minimum Gasteiger partial charge on any atom is -0.393 e. The van der Waals surface area contributed by atoms with Crippen LogP contribution < -0.4 is 11.3 Å². The SMILES string of the molecule is Cc1cc2c(=O)n(CCC(N)=S)ccn2n1. The smallest absolute Gasteiger partial charge is 0.276 e. The Kier molecular flexibility index (Phi) is 2.74. The molecule has 2 aromatic heterocycles. The Labute approximate surface area is 97.5 Å². The van der Waals surface area contributed by atoms with Crippen LogP contribution in [0.15, 0.2) is 23.3 Å². The number of hydrogen-bond donors (Lipinski definition) is 1. The fourth-order valence-corrected chi connectivity index (χ4v) is 1.65. The molecular weight excluding hydrogens is 224 g/mol. The molecule has 2 N–H and O–H groups in total. The first kappa shape index (κ1) is 10.8. The lowest BCUT2D eigenvalue weighted by atomic mass is 10.4. The van der Waals surface area contributed by atoms with Crippen LogP contribution in [0.4, 0.5) is 0 Å². The number of thiocarbonyl (C=S) groups is 1. The summed E-state index contributed by atoms with van der Waals surface area (Å²) in [4.78, 5) is 12.4. The van der Waals surface area contributed by atoms with Crippen molar-refractivity contribution in [3.63, 3.8) is 0 Å². The molecule has 0 aromatic carbocycles. The molecule has 0 aliphatic carbocycles. The van der Waals surface area contributed by atoms with Crippen molar-refractivity contribution in [3.05, 3.63) is 34.5 Å². The van der Waals surface area contributed by atoms with Gasteiger partial charge in [0.1, 0.15) is 5.52 Å². The molecule has 0 aliphatic rings. The van der Waals surface area contributed by atoms with Gasteiger partial charge < -0.3 is 10.3 Å². The quantitative estimate of drug-likeness (QED) is 0.787. The average Bonchev–Trinajstić information content (AvgIpc) is 2.58. The molecule has 0 atom stereocenters. The predicted octanol–water partition coefficient (Wildman–Crippen LogP) is 0.481. The molecule has 0 aliphatic heterocycles. The van der Waals surface area contributed by atoms with E-state index in [1.807, 2.05) is 6.92 Å². The molecule has 2 rings (SSSR count). The number of aromatic nitrogens is 3. The van der Waals surface area contributed by atoms with E-state index < -0.39 is 0 Å².